The van der Waals surface area contributed by atoms with Crippen LogP contribution in [0.5, 0.6) is 0 Å². The van der Waals surface area contributed by atoms with E-state index in [2.05, 4.69) is 19.0 Å². The summed E-state index contributed by atoms with van der Waals surface area (Å²) in [4.78, 5) is 16.6. The molecule has 1 amide bonds. The minimum absolute atomic E-state index is 0.150. The molecule has 2 rings (SSSR count). The number of carbonyl (C=O) groups is 1. The van der Waals surface area contributed by atoms with E-state index < -0.39 is 0 Å². The average molecular weight is 275 g/mol. The van der Waals surface area contributed by atoms with Crippen LogP contribution in [0.4, 0.5) is 0 Å². The summed E-state index contributed by atoms with van der Waals surface area (Å²) in [5, 5.41) is 0. The molecule has 4 heteroatoms. The zero-order chi connectivity index (χ0) is 14.5. The largest absolute Gasteiger partial charge is 0.339 e. The van der Waals surface area contributed by atoms with Crippen LogP contribution in [-0.4, -0.2) is 49.4 Å². The van der Waals surface area contributed by atoms with Gasteiger partial charge in [0.05, 0.1) is 0 Å². The van der Waals surface area contributed by atoms with E-state index in [0.29, 0.717) is 12.5 Å². The van der Waals surface area contributed by atoms with Crippen molar-refractivity contribution >= 4 is 5.91 Å². The zero-order valence-corrected chi connectivity index (χ0v) is 12.5. The van der Waals surface area contributed by atoms with Crippen LogP contribution in [0.15, 0.2) is 24.3 Å². The summed E-state index contributed by atoms with van der Waals surface area (Å²) in [6, 6.07) is 7.64. The average Bonchev–Trinajstić information content (AvgIpc) is 2.47. The van der Waals surface area contributed by atoms with E-state index in [1.807, 2.05) is 29.2 Å². The molecule has 1 fully saturated rings. The molecule has 20 heavy (non-hydrogen) atoms. The number of piperidine rings is 1. The number of likely N-dealkylation sites (tertiary alicyclic amines) is 1. The van der Waals surface area contributed by atoms with Gasteiger partial charge in [0.25, 0.3) is 5.91 Å². The molecule has 4 nitrogen and oxygen atoms in total. The Labute approximate surface area is 121 Å². The van der Waals surface area contributed by atoms with Gasteiger partial charge in [0.1, 0.15) is 0 Å². The summed E-state index contributed by atoms with van der Waals surface area (Å²) in [6.07, 6.45) is 2.20. The molecule has 0 aromatic heterocycles. The van der Waals surface area contributed by atoms with E-state index in [1.54, 1.807) is 0 Å². The number of nitrogens with two attached hydrogens (primary N) is 1. The van der Waals surface area contributed by atoms with Crippen LogP contribution in [0.3, 0.4) is 0 Å². The van der Waals surface area contributed by atoms with Crippen molar-refractivity contribution in [2.24, 2.45) is 11.7 Å². The van der Waals surface area contributed by atoms with Crippen LogP contribution < -0.4 is 5.73 Å². The highest BCUT2D eigenvalue weighted by Gasteiger charge is 2.23. The third-order valence-corrected chi connectivity index (χ3v) is 3.96. The van der Waals surface area contributed by atoms with Crippen LogP contribution in [0, 0.1) is 5.92 Å². The van der Waals surface area contributed by atoms with Crippen molar-refractivity contribution in [3.8, 4) is 0 Å². The maximum absolute atomic E-state index is 12.4. The molecule has 2 N–H and O–H groups in total. The number of carbonyl (C=O) groups excluding carboxylic acids is 1. The Balaban J connectivity index is 1.90. The highest BCUT2D eigenvalue weighted by atomic mass is 16.2. The molecule has 0 atom stereocenters. The van der Waals surface area contributed by atoms with Crippen LogP contribution in [0.25, 0.3) is 0 Å². The van der Waals surface area contributed by atoms with Gasteiger partial charge in [0.2, 0.25) is 0 Å². The maximum atomic E-state index is 12.4. The molecule has 0 saturated carbocycles. The van der Waals surface area contributed by atoms with Gasteiger partial charge in [-0.25, -0.2) is 0 Å². The Morgan fingerprint density at radius 3 is 2.35 bits per heavy atom. The molecular weight excluding hydrogens is 250 g/mol. The molecule has 0 radical (unpaired) electrons. The van der Waals surface area contributed by atoms with E-state index in [9.17, 15) is 4.79 Å². The van der Waals surface area contributed by atoms with E-state index in [0.717, 1.165) is 43.6 Å². The predicted molar refractivity (Wildman–Crippen MR) is 81.5 cm³/mol. The molecule has 0 bridgehead atoms. The van der Waals surface area contributed by atoms with Crippen molar-refractivity contribution in [3.05, 3.63) is 35.4 Å². The number of benzene rings is 1. The minimum Gasteiger partial charge on any atom is -0.339 e. The highest BCUT2D eigenvalue weighted by Crippen LogP contribution is 2.19. The Kier molecular flexibility index (Phi) is 5.15. The minimum atomic E-state index is 0.150. The van der Waals surface area contributed by atoms with Crippen molar-refractivity contribution in [1.82, 2.24) is 9.80 Å². The van der Waals surface area contributed by atoms with E-state index in [-0.39, 0.29) is 5.91 Å². The molecule has 1 saturated heterocycles. The monoisotopic (exact) mass is 275 g/mol. The molecule has 110 valence electrons. The fraction of sp³-hybridized carbons (Fsp3) is 0.562. The third kappa shape index (κ3) is 3.81. The molecule has 0 unspecified atom stereocenters. The first-order valence-electron chi connectivity index (χ1n) is 7.33. The molecule has 1 aliphatic rings. The maximum Gasteiger partial charge on any atom is 0.253 e. The predicted octanol–water partition coefficient (Wildman–Crippen LogP) is 1.56. The van der Waals surface area contributed by atoms with Crippen molar-refractivity contribution in [3.63, 3.8) is 0 Å². The molecule has 1 aliphatic heterocycles. The van der Waals surface area contributed by atoms with Crippen LogP contribution >= 0.6 is 0 Å². The molecule has 1 heterocycles. The van der Waals surface area contributed by atoms with E-state index in [1.165, 1.54) is 0 Å². The number of hydrogen-bond donors (Lipinski definition) is 1. The second-order valence-corrected chi connectivity index (χ2v) is 5.90. The summed E-state index contributed by atoms with van der Waals surface area (Å²) in [7, 11) is 4.22. The summed E-state index contributed by atoms with van der Waals surface area (Å²) >= 11 is 0. The fourth-order valence-corrected chi connectivity index (χ4v) is 2.80. The van der Waals surface area contributed by atoms with Gasteiger partial charge in [-0.1, -0.05) is 12.1 Å². The first kappa shape index (κ1) is 15.0. The molecule has 0 spiro atoms. The summed E-state index contributed by atoms with van der Waals surface area (Å²) in [5.74, 6) is 0.866. The van der Waals surface area contributed by atoms with Crippen LogP contribution in [0.2, 0.25) is 0 Å². The molecule has 1 aromatic rings. The zero-order valence-electron chi connectivity index (χ0n) is 12.5. The second kappa shape index (κ2) is 6.86. The van der Waals surface area contributed by atoms with Crippen molar-refractivity contribution in [1.29, 1.82) is 0 Å². The lowest BCUT2D eigenvalue weighted by Gasteiger charge is -2.33. The lowest BCUT2D eigenvalue weighted by Crippen LogP contribution is -2.40. The topological polar surface area (TPSA) is 49.6 Å². The smallest absolute Gasteiger partial charge is 0.253 e. The number of nitrogens with zero attached hydrogens (tertiary/aromatic N) is 2. The Morgan fingerprint density at radius 2 is 1.85 bits per heavy atom. The van der Waals surface area contributed by atoms with Gasteiger partial charge in [-0.3, -0.25) is 4.79 Å². The second-order valence-electron chi connectivity index (χ2n) is 5.90. The molecular formula is C16H25N3O. The van der Waals surface area contributed by atoms with Gasteiger partial charge in [0, 0.05) is 31.7 Å². The Bertz CT molecular complexity index is 434. The molecule has 0 aliphatic carbocycles. The van der Waals surface area contributed by atoms with Gasteiger partial charge in [-0.15, -0.1) is 0 Å². The van der Waals surface area contributed by atoms with Gasteiger partial charge < -0.3 is 15.5 Å². The van der Waals surface area contributed by atoms with Crippen molar-refractivity contribution < 1.29 is 4.79 Å². The highest BCUT2D eigenvalue weighted by molar-refractivity contribution is 5.94. The van der Waals surface area contributed by atoms with Crippen LogP contribution in [0.1, 0.15) is 28.8 Å². The first-order chi connectivity index (χ1) is 9.60. The quantitative estimate of drug-likeness (QED) is 0.907. The third-order valence-electron chi connectivity index (χ3n) is 3.96. The van der Waals surface area contributed by atoms with Gasteiger partial charge >= 0.3 is 0 Å². The molecule has 1 aromatic carbocycles. The Hall–Kier alpha value is -1.39. The lowest BCUT2D eigenvalue weighted by atomic mass is 9.96. The summed E-state index contributed by atoms with van der Waals surface area (Å²) in [5.41, 5.74) is 7.41. The summed E-state index contributed by atoms with van der Waals surface area (Å²) in [6.45, 7) is 3.38. The number of hydrogen-bond acceptors (Lipinski definition) is 3. The number of amides is 1. The standard InChI is InChI=1S/C16H25N3O/c1-18(2)12-14-7-9-19(10-8-14)16(20)15-5-3-13(11-17)4-6-15/h3-6,14H,7-12,17H2,1-2H3. The number of rotatable bonds is 4. The first-order valence-corrected chi connectivity index (χ1v) is 7.33. The van der Waals surface area contributed by atoms with Gasteiger partial charge in [-0.05, 0) is 50.6 Å². The van der Waals surface area contributed by atoms with E-state index >= 15 is 0 Å². The Morgan fingerprint density at radius 1 is 1.25 bits per heavy atom. The van der Waals surface area contributed by atoms with Crippen molar-refractivity contribution in [2.75, 3.05) is 33.7 Å². The van der Waals surface area contributed by atoms with Crippen molar-refractivity contribution in [2.45, 2.75) is 19.4 Å². The van der Waals surface area contributed by atoms with Gasteiger partial charge in [0.15, 0.2) is 0 Å². The SMILES string of the molecule is CN(C)CC1CCN(C(=O)c2ccc(CN)cc2)CC1. The fourth-order valence-electron chi connectivity index (χ4n) is 2.80. The van der Waals surface area contributed by atoms with E-state index in [4.69, 9.17) is 5.73 Å². The van der Waals surface area contributed by atoms with Gasteiger partial charge in [-0.2, -0.15) is 0 Å². The lowest BCUT2D eigenvalue weighted by molar-refractivity contribution is 0.0678. The van der Waals surface area contributed by atoms with Crippen LogP contribution in [-0.2, 0) is 6.54 Å². The normalized spacial score (nSPS) is 16.7. The summed E-state index contributed by atoms with van der Waals surface area (Å²) < 4.78 is 0.